The van der Waals surface area contributed by atoms with Gasteiger partial charge in [-0.3, -0.25) is 14.5 Å². The smallest absolute Gasteiger partial charge is 0.293 e. The summed E-state index contributed by atoms with van der Waals surface area (Å²) >= 11 is 4.36. The molecule has 0 N–H and O–H groups in total. The minimum atomic E-state index is -0.293. The van der Waals surface area contributed by atoms with Crippen LogP contribution in [0.15, 0.2) is 51.8 Å². The van der Waals surface area contributed by atoms with Gasteiger partial charge in [0.1, 0.15) is 0 Å². The zero-order chi connectivity index (χ0) is 21.0. The van der Waals surface area contributed by atoms with Crippen LogP contribution in [0, 0.1) is 5.92 Å². The van der Waals surface area contributed by atoms with Gasteiger partial charge in [0.05, 0.1) is 25.2 Å². The molecule has 0 aromatic heterocycles. The number of hydrogen-bond donors (Lipinski definition) is 0. The zero-order valence-electron chi connectivity index (χ0n) is 16.5. The number of imide groups is 1. The lowest BCUT2D eigenvalue weighted by molar-refractivity contribution is -0.123. The maximum atomic E-state index is 12.8. The first-order valence-corrected chi connectivity index (χ1v) is 10.8. The number of amides is 2. The van der Waals surface area contributed by atoms with Crippen LogP contribution in [-0.4, -0.2) is 29.8 Å². The van der Waals surface area contributed by atoms with Crippen molar-refractivity contribution in [3.05, 3.63) is 63.0 Å². The Kier molecular flexibility index (Phi) is 7.03. The summed E-state index contributed by atoms with van der Waals surface area (Å²) in [5, 5.41) is -0.273. The van der Waals surface area contributed by atoms with Crippen molar-refractivity contribution in [2.45, 2.75) is 20.4 Å². The van der Waals surface area contributed by atoms with Crippen molar-refractivity contribution in [2.75, 3.05) is 13.7 Å². The lowest BCUT2D eigenvalue weighted by atomic mass is 10.1. The lowest BCUT2D eigenvalue weighted by Crippen LogP contribution is -2.27. The molecule has 7 heteroatoms. The molecule has 0 spiro atoms. The van der Waals surface area contributed by atoms with E-state index in [0.29, 0.717) is 28.9 Å². The second-order valence-electron chi connectivity index (χ2n) is 7.01. The number of carbonyl (C=O) groups is 2. The Morgan fingerprint density at radius 2 is 1.93 bits per heavy atom. The van der Waals surface area contributed by atoms with Crippen LogP contribution in [0.4, 0.5) is 4.79 Å². The molecule has 3 rings (SSSR count). The average Bonchev–Trinajstić information content (AvgIpc) is 2.94. The molecule has 0 saturated carbocycles. The van der Waals surface area contributed by atoms with Crippen molar-refractivity contribution in [3.8, 4) is 11.5 Å². The van der Waals surface area contributed by atoms with E-state index in [1.54, 1.807) is 19.3 Å². The molecule has 0 aliphatic carbocycles. The number of hydrogen-bond acceptors (Lipinski definition) is 5. The fraction of sp³-hybridized carbons (Fsp3) is 0.273. The van der Waals surface area contributed by atoms with Gasteiger partial charge in [-0.25, -0.2) is 0 Å². The molecule has 29 heavy (non-hydrogen) atoms. The number of nitrogens with zero attached hydrogens (tertiary/aromatic N) is 1. The first kappa shape index (κ1) is 21.5. The van der Waals surface area contributed by atoms with E-state index in [1.807, 2.05) is 36.4 Å². The Labute approximate surface area is 183 Å². The van der Waals surface area contributed by atoms with Crippen LogP contribution < -0.4 is 9.47 Å². The maximum Gasteiger partial charge on any atom is 0.293 e. The van der Waals surface area contributed by atoms with E-state index in [2.05, 4.69) is 29.8 Å². The predicted octanol–water partition coefficient (Wildman–Crippen LogP) is 5.73. The summed E-state index contributed by atoms with van der Waals surface area (Å²) in [6, 6.07) is 13.0. The molecule has 1 saturated heterocycles. The summed E-state index contributed by atoms with van der Waals surface area (Å²) in [6.07, 6.45) is 1.71. The fourth-order valence-corrected chi connectivity index (χ4v) is 4.04. The summed E-state index contributed by atoms with van der Waals surface area (Å²) in [7, 11) is 1.58. The van der Waals surface area contributed by atoms with Crippen LogP contribution in [0.5, 0.6) is 11.5 Å². The zero-order valence-corrected chi connectivity index (χ0v) is 18.9. The topological polar surface area (TPSA) is 55.8 Å². The molecular formula is C22H22BrNO4S. The van der Waals surface area contributed by atoms with E-state index in [1.165, 1.54) is 4.90 Å². The summed E-state index contributed by atoms with van der Waals surface area (Å²) < 4.78 is 12.1. The molecule has 2 aromatic carbocycles. The quantitative estimate of drug-likeness (QED) is 0.478. The molecule has 0 radical (unpaired) electrons. The fourth-order valence-electron chi connectivity index (χ4n) is 2.76. The van der Waals surface area contributed by atoms with Gasteiger partial charge < -0.3 is 9.47 Å². The highest BCUT2D eigenvalue weighted by Crippen LogP contribution is 2.35. The standard InChI is InChI=1S/C22H22BrNO4S/c1-14(2)13-28-18-8-7-15(10-19(18)27-3)11-20-21(25)24(22(26)29-20)12-16-5-4-6-17(23)9-16/h4-11,14H,12-13H2,1-3H3/b20-11+. The number of rotatable bonds is 7. The van der Waals surface area contributed by atoms with Crippen molar-refractivity contribution in [2.24, 2.45) is 5.92 Å². The molecule has 1 fully saturated rings. The molecule has 1 aliphatic rings. The molecule has 2 aromatic rings. The molecule has 1 heterocycles. The first-order valence-electron chi connectivity index (χ1n) is 9.18. The van der Waals surface area contributed by atoms with E-state index < -0.39 is 0 Å². The number of benzene rings is 2. The van der Waals surface area contributed by atoms with Gasteiger partial charge in [-0.05, 0) is 59.1 Å². The van der Waals surface area contributed by atoms with Gasteiger partial charge in [0.15, 0.2) is 11.5 Å². The van der Waals surface area contributed by atoms with Crippen LogP contribution >= 0.6 is 27.7 Å². The molecule has 0 unspecified atom stereocenters. The third-order valence-corrected chi connectivity index (χ3v) is 5.56. The SMILES string of the molecule is COc1cc(/C=C2/SC(=O)N(Cc3cccc(Br)c3)C2=O)ccc1OCC(C)C. The van der Waals surface area contributed by atoms with Crippen molar-refractivity contribution in [1.82, 2.24) is 4.90 Å². The molecule has 2 amide bonds. The van der Waals surface area contributed by atoms with Crippen LogP contribution in [0.2, 0.25) is 0 Å². The Bertz CT molecular complexity index is 958. The number of halogens is 1. The Morgan fingerprint density at radius 3 is 2.62 bits per heavy atom. The van der Waals surface area contributed by atoms with Gasteiger partial charge in [0, 0.05) is 4.47 Å². The normalized spacial score (nSPS) is 15.5. The minimum Gasteiger partial charge on any atom is -0.493 e. The van der Waals surface area contributed by atoms with E-state index in [4.69, 9.17) is 9.47 Å². The van der Waals surface area contributed by atoms with Gasteiger partial charge in [-0.15, -0.1) is 0 Å². The average molecular weight is 476 g/mol. The van der Waals surface area contributed by atoms with E-state index in [0.717, 1.165) is 27.4 Å². The van der Waals surface area contributed by atoms with Crippen molar-refractivity contribution in [1.29, 1.82) is 0 Å². The lowest BCUT2D eigenvalue weighted by Gasteiger charge is -2.13. The van der Waals surface area contributed by atoms with Gasteiger partial charge in [0.2, 0.25) is 0 Å². The van der Waals surface area contributed by atoms with Crippen molar-refractivity contribution >= 4 is 44.9 Å². The number of methoxy groups -OCH3 is 1. The number of thioether (sulfide) groups is 1. The molecular weight excluding hydrogens is 454 g/mol. The van der Waals surface area contributed by atoms with Gasteiger partial charge in [-0.1, -0.05) is 48.0 Å². The van der Waals surface area contributed by atoms with Gasteiger partial charge >= 0.3 is 0 Å². The Balaban J connectivity index is 1.78. The highest BCUT2D eigenvalue weighted by molar-refractivity contribution is 9.10. The number of carbonyl (C=O) groups excluding carboxylic acids is 2. The molecule has 5 nitrogen and oxygen atoms in total. The predicted molar refractivity (Wildman–Crippen MR) is 119 cm³/mol. The maximum absolute atomic E-state index is 12.8. The second-order valence-corrected chi connectivity index (χ2v) is 8.92. The highest BCUT2D eigenvalue weighted by atomic mass is 79.9. The summed E-state index contributed by atoms with van der Waals surface area (Å²) in [6.45, 7) is 4.98. The summed E-state index contributed by atoms with van der Waals surface area (Å²) in [5.41, 5.74) is 1.66. The van der Waals surface area contributed by atoms with Crippen molar-refractivity contribution < 1.29 is 19.1 Å². The van der Waals surface area contributed by atoms with E-state index in [-0.39, 0.29) is 17.7 Å². The van der Waals surface area contributed by atoms with Crippen molar-refractivity contribution in [3.63, 3.8) is 0 Å². The Morgan fingerprint density at radius 1 is 1.14 bits per heavy atom. The van der Waals surface area contributed by atoms with Gasteiger partial charge in [0.25, 0.3) is 11.1 Å². The molecule has 152 valence electrons. The first-order chi connectivity index (χ1) is 13.9. The second kappa shape index (κ2) is 9.50. The molecule has 0 bridgehead atoms. The Hall–Kier alpha value is -2.25. The third kappa shape index (κ3) is 5.42. The number of ether oxygens (including phenoxy) is 2. The third-order valence-electron chi connectivity index (χ3n) is 4.16. The van der Waals surface area contributed by atoms with Crippen LogP contribution in [0.3, 0.4) is 0 Å². The van der Waals surface area contributed by atoms with Gasteiger partial charge in [-0.2, -0.15) is 0 Å². The molecule has 0 atom stereocenters. The van der Waals surface area contributed by atoms with E-state index in [9.17, 15) is 9.59 Å². The summed E-state index contributed by atoms with van der Waals surface area (Å²) in [5.74, 6) is 1.35. The largest absolute Gasteiger partial charge is 0.493 e. The highest BCUT2D eigenvalue weighted by Gasteiger charge is 2.35. The van der Waals surface area contributed by atoms with E-state index >= 15 is 0 Å². The summed E-state index contributed by atoms with van der Waals surface area (Å²) in [4.78, 5) is 26.8. The minimum absolute atomic E-state index is 0.243. The van der Waals surface area contributed by atoms with Crippen LogP contribution in [-0.2, 0) is 11.3 Å². The monoisotopic (exact) mass is 475 g/mol. The van der Waals surface area contributed by atoms with Crippen LogP contribution in [0.1, 0.15) is 25.0 Å². The molecule has 1 aliphatic heterocycles. The van der Waals surface area contributed by atoms with Crippen LogP contribution in [0.25, 0.3) is 6.08 Å².